The molecule has 0 unspecified atom stereocenters. The summed E-state index contributed by atoms with van der Waals surface area (Å²) in [6, 6.07) is 0. The van der Waals surface area contributed by atoms with E-state index in [0.717, 1.165) is 32.6 Å². The van der Waals surface area contributed by atoms with E-state index in [1.807, 2.05) is 11.6 Å². The number of ether oxygens (including phenoxy) is 1. The maximum atomic E-state index is 11.2. The molecule has 1 aliphatic rings. The fourth-order valence-electron chi connectivity index (χ4n) is 1.63. The molecule has 0 amide bonds. The first-order valence-electron chi connectivity index (χ1n) is 4.58. The van der Waals surface area contributed by atoms with Crippen LogP contribution in [0.5, 0.6) is 0 Å². The Balaban J connectivity index is 1.97. The lowest BCUT2D eigenvalue weighted by Crippen LogP contribution is -2.24. The SMILES string of the molecule is O=c1sccn1CC1CCOCC1. The maximum absolute atomic E-state index is 11.2. The third-order valence-electron chi connectivity index (χ3n) is 2.44. The van der Waals surface area contributed by atoms with Crippen molar-refractivity contribution in [2.24, 2.45) is 5.92 Å². The zero-order valence-electron chi connectivity index (χ0n) is 7.44. The van der Waals surface area contributed by atoms with Gasteiger partial charge in [0, 0.05) is 31.3 Å². The van der Waals surface area contributed by atoms with Crippen molar-refractivity contribution < 1.29 is 4.74 Å². The Kier molecular flexibility index (Phi) is 2.80. The highest BCUT2D eigenvalue weighted by atomic mass is 32.1. The lowest BCUT2D eigenvalue weighted by atomic mass is 10.0. The third kappa shape index (κ3) is 2.19. The van der Waals surface area contributed by atoms with Gasteiger partial charge in [0.15, 0.2) is 0 Å². The van der Waals surface area contributed by atoms with Crippen molar-refractivity contribution in [3.63, 3.8) is 0 Å². The molecule has 0 bridgehead atoms. The Morgan fingerprint density at radius 2 is 2.31 bits per heavy atom. The minimum Gasteiger partial charge on any atom is -0.381 e. The van der Waals surface area contributed by atoms with Crippen LogP contribution in [0.2, 0.25) is 0 Å². The zero-order valence-corrected chi connectivity index (χ0v) is 8.26. The molecular formula is C9H13NO2S. The van der Waals surface area contributed by atoms with Gasteiger partial charge in [-0.3, -0.25) is 4.79 Å². The molecule has 1 aliphatic heterocycles. The van der Waals surface area contributed by atoms with Gasteiger partial charge in [0.05, 0.1) is 0 Å². The van der Waals surface area contributed by atoms with Gasteiger partial charge in [0.25, 0.3) is 0 Å². The molecule has 2 rings (SSSR count). The van der Waals surface area contributed by atoms with Crippen LogP contribution in [0.4, 0.5) is 0 Å². The number of hydrogen-bond donors (Lipinski definition) is 0. The molecule has 2 heterocycles. The fraction of sp³-hybridized carbons (Fsp3) is 0.667. The van der Waals surface area contributed by atoms with E-state index < -0.39 is 0 Å². The van der Waals surface area contributed by atoms with Crippen LogP contribution in [0.25, 0.3) is 0 Å². The van der Waals surface area contributed by atoms with E-state index in [0.29, 0.717) is 5.92 Å². The van der Waals surface area contributed by atoms with Gasteiger partial charge < -0.3 is 9.30 Å². The summed E-state index contributed by atoms with van der Waals surface area (Å²) in [5, 5.41) is 1.85. The molecule has 0 saturated carbocycles. The second kappa shape index (κ2) is 4.07. The second-order valence-corrected chi connectivity index (χ2v) is 4.23. The van der Waals surface area contributed by atoms with Gasteiger partial charge in [-0.25, -0.2) is 0 Å². The molecule has 3 nitrogen and oxygen atoms in total. The summed E-state index contributed by atoms with van der Waals surface area (Å²) in [7, 11) is 0. The third-order valence-corrected chi connectivity index (χ3v) is 3.13. The maximum Gasteiger partial charge on any atom is 0.307 e. The minimum absolute atomic E-state index is 0.159. The first kappa shape index (κ1) is 8.97. The van der Waals surface area contributed by atoms with Gasteiger partial charge in [-0.05, 0) is 18.8 Å². The van der Waals surface area contributed by atoms with Gasteiger partial charge in [-0.1, -0.05) is 11.3 Å². The Morgan fingerprint density at radius 1 is 1.54 bits per heavy atom. The second-order valence-electron chi connectivity index (χ2n) is 3.38. The van der Waals surface area contributed by atoms with Crippen molar-refractivity contribution in [1.82, 2.24) is 4.57 Å². The van der Waals surface area contributed by atoms with Crippen LogP contribution in [0.3, 0.4) is 0 Å². The van der Waals surface area contributed by atoms with E-state index in [4.69, 9.17) is 4.74 Å². The molecular weight excluding hydrogens is 186 g/mol. The van der Waals surface area contributed by atoms with Crippen LogP contribution in [-0.4, -0.2) is 17.8 Å². The average molecular weight is 199 g/mol. The van der Waals surface area contributed by atoms with Crippen LogP contribution in [0.1, 0.15) is 12.8 Å². The molecule has 1 aromatic heterocycles. The lowest BCUT2D eigenvalue weighted by Gasteiger charge is -2.21. The molecule has 1 fully saturated rings. The monoisotopic (exact) mass is 199 g/mol. The summed E-state index contributed by atoms with van der Waals surface area (Å²) < 4.78 is 7.07. The van der Waals surface area contributed by atoms with E-state index in [1.165, 1.54) is 11.3 Å². The zero-order chi connectivity index (χ0) is 9.10. The Morgan fingerprint density at radius 3 is 2.92 bits per heavy atom. The molecule has 0 spiro atoms. The summed E-state index contributed by atoms with van der Waals surface area (Å²) >= 11 is 1.27. The average Bonchev–Trinajstić information content (AvgIpc) is 2.54. The smallest absolute Gasteiger partial charge is 0.307 e. The minimum atomic E-state index is 0.159. The molecule has 0 aliphatic carbocycles. The molecule has 0 radical (unpaired) electrons. The summed E-state index contributed by atoms with van der Waals surface area (Å²) in [6.07, 6.45) is 4.05. The highest BCUT2D eigenvalue weighted by Gasteiger charge is 2.14. The quantitative estimate of drug-likeness (QED) is 0.719. The van der Waals surface area contributed by atoms with Crippen LogP contribution in [0.15, 0.2) is 16.4 Å². The summed E-state index contributed by atoms with van der Waals surface area (Å²) in [5.74, 6) is 0.626. The largest absolute Gasteiger partial charge is 0.381 e. The first-order chi connectivity index (χ1) is 6.36. The number of thiazole rings is 1. The van der Waals surface area contributed by atoms with Crippen molar-refractivity contribution in [1.29, 1.82) is 0 Å². The molecule has 0 N–H and O–H groups in total. The molecule has 1 saturated heterocycles. The molecule has 13 heavy (non-hydrogen) atoms. The summed E-state index contributed by atoms with van der Waals surface area (Å²) in [5.41, 5.74) is 0. The standard InChI is InChI=1S/C9H13NO2S/c11-9-10(3-6-13-9)7-8-1-4-12-5-2-8/h3,6,8H,1-2,4-5,7H2. The van der Waals surface area contributed by atoms with E-state index in [9.17, 15) is 4.79 Å². The van der Waals surface area contributed by atoms with Crippen molar-refractivity contribution in [2.75, 3.05) is 13.2 Å². The van der Waals surface area contributed by atoms with Gasteiger partial charge in [-0.15, -0.1) is 0 Å². The van der Waals surface area contributed by atoms with Crippen molar-refractivity contribution in [3.8, 4) is 0 Å². The normalized spacial score (nSPS) is 19.1. The van der Waals surface area contributed by atoms with Crippen molar-refractivity contribution in [2.45, 2.75) is 19.4 Å². The van der Waals surface area contributed by atoms with E-state index in [1.54, 1.807) is 4.57 Å². The number of hydrogen-bond acceptors (Lipinski definition) is 3. The van der Waals surface area contributed by atoms with Gasteiger partial charge >= 0.3 is 4.87 Å². The predicted octanol–water partition coefficient (Wildman–Crippen LogP) is 1.34. The first-order valence-corrected chi connectivity index (χ1v) is 5.46. The number of nitrogens with zero attached hydrogens (tertiary/aromatic N) is 1. The van der Waals surface area contributed by atoms with E-state index in [2.05, 4.69) is 0 Å². The Bertz CT molecular complexity index is 311. The fourth-order valence-corrected chi connectivity index (χ4v) is 2.23. The highest BCUT2D eigenvalue weighted by Crippen LogP contribution is 2.16. The van der Waals surface area contributed by atoms with Crippen LogP contribution < -0.4 is 4.87 Å². The lowest BCUT2D eigenvalue weighted by molar-refractivity contribution is 0.0611. The summed E-state index contributed by atoms with van der Waals surface area (Å²) in [4.78, 5) is 11.4. The van der Waals surface area contributed by atoms with Crippen LogP contribution in [-0.2, 0) is 11.3 Å². The van der Waals surface area contributed by atoms with Gasteiger partial charge in [0.1, 0.15) is 0 Å². The van der Waals surface area contributed by atoms with Gasteiger partial charge in [0.2, 0.25) is 0 Å². The molecule has 4 heteroatoms. The topological polar surface area (TPSA) is 31.2 Å². The highest BCUT2D eigenvalue weighted by molar-refractivity contribution is 7.07. The van der Waals surface area contributed by atoms with Gasteiger partial charge in [-0.2, -0.15) is 0 Å². The molecule has 1 aromatic rings. The molecule has 72 valence electrons. The summed E-state index contributed by atoms with van der Waals surface area (Å²) in [6.45, 7) is 2.57. The van der Waals surface area contributed by atoms with Crippen molar-refractivity contribution >= 4 is 11.3 Å². The Labute approximate surface area is 81.0 Å². The van der Waals surface area contributed by atoms with E-state index >= 15 is 0 Å². The predicted molar refractivity (Wildman–Crippen MR) is 52.1 cm³/mol. The van der Waals surface area contributed by atoms with E-state index in [-0.39, 0.29) is 4.87 Å². The number of rotatable bonds is 2. The number of aromatic nitrogens is 1. The molecule has 0 aromatic carbocycles. The molecule has 0 atom stereocenters. The Hall–Kier alpha value is -0.610. The van der Waals surface area contributed by atoms with Crippen LogP contribution >= 0.6 is 11.3 Å². The van der Waals surface area contributed by atoms with Crippen LogP contribution in [0, 0.1) is 5.92 Å². The van der Waals surface area contributed by atoms with Crippen molar-refractivity contribution in [3.05, 3.63) is 21.2 Å².